The van der Waals surface area contributed by atoms with Gasteiger partial charge in [0.05, 0.1) is 11.6 Å². The molecular formula is C20H16Br2NiO4. The molecule has 0 bridgehead atoms. The number of carbonyl (C=O) groups excluding carboxylic acids is 4. The van der Waals surface area contributed by atoms with Crippen LogP contribution in [0.25, 0.3) is 0 Å². The summed E-state index contributed by atoms with van der Waals surface area (Å²) >= 11 is 6.51. The van der Waals surface area contributed by atoms with Crippen molar-refractivity contribution < 1.29 is 35.7 Å². The molecule has 0 spiro atoms. The first kappa shape index (κ1) is 25.3. The van der Waals surface area contributed by atoms with Gasteiger partial charge >= 0.3 is 16.5 Å². The SMILES string of the molecule is CC(=O)[CH-]C(=O)c1ccc(Br)cc1.CC(=O)[CH-]C(=O)c1ccc(Br)cc1.[Ni+2]. The van der Waals surface area contributed by atoms with Crippen molar-refractivity contribution in [3.05, 3.63) is 81.4 Å². The van der Waals surface area contributed by atoms with E-state index < -0.39 is 0 Å². The van der Waals surface area contributed by atoms with Crippen molar-refractivity contribution in [2.45, 2.75) is 13.8 Å². The molecular weight excluding hydrogens is 523 g/mol. The molecule has 0 aliphatic rings. The molecule has 0 fully saturated rings. The summed E-state index contributed by atoms with van der Waals surface area (Å²) in [5.74, 6) is -0.958. The Kier molecular flexibility index (Phi) is 11.9. The predicted molar refractivity (Wildman–Crippen MR) is 107 cm³/mol. The van der Waals surface area contributed by atoms with Gasteiger partial charge in [-0.2, -0.15) is 0 Å². The van der Waals surface area contributed by atoms with Gasteiger partial charge in [-0.3, -0.25) is 0 Å². The second-order valence-electron chi connectivity index (χ2n) is 5.25. The van der Waals surface area contributed by atoms with Gasteiger partial charge in [0, 0.05) is 20.5 Å². The second kappa shape index (κ2) is 12.7. The molecule has 2 aromatic carbocycles. The summed E-state index contributed by atoms with van der Waals surface area (Å²) in [4.78, 5) is 43.8. The van der Waals surface area contributed by atoms with Crippen molar-refractivity contribution in [3.63, 3.8) is 0 Å². The Morgan fingerprint density at radius 3 is 1.11 bits per heavy atom. The zero-order valence-electron chi connectivity index (χ0n) is 14.5. The zero-order chi connectivity index (χ0) is 19.7. The molecule has 0 heterocycles. The number of ketones is 4. The van der Waals surface area contributed by atoms with Crippen LogP contribution in [-0.2, 0) is 26.1 Å². The zero-order valence-corrected chi connectivity index (χ0v) is 18.6. The number of rotatable bonds is 6. The smallest absolute Gasteiger partial charge is 0.331 e. The van der Waals surface area contributed by atoms with Gasteiger partial charge in [0.2, 0.25) is 0 Å². The maximum Gasteiger partial charge on any atom is 2.00 e. The molecule has 2 aromatic rings. The van der Waals surface area contributed by atoms with Gasteiger partial charge in [-0.1, -0.05) is 56.1 Å². The van der Waals surface area contributed by atoms with E-state index in [0.717, 1.165) is 21.8 Å². The normalized spacial score (nSPS) is 9.04. The summed E-state index contributed by atoms with van der Waals surface area (Å²) in [7, 11) is 0. The molecule has 0 amide bonds. The minimum absolute atomic E-state index is 0. The maximum absolute atomic E-state index is 11.3. The van der Waals surface area contributed by atoms with Gasteiger partial charge in [0.1, 0.15) is 0 Å². The third kappa shape index (κ3) is 10.3. The van der Waals surface area contributed by atoms with Gasteiger partial charge in [-0.05, 0) is 13.8 Å². The largest absolute Gasteiger partial charge is 2.00 e. The Labute approximate surface area is 185 Å². The van der Waals surface area contributed by atoms with Crippen LogP contribution in [0.4, 0.5) is 0 Å². The summed E-state index contributed by atoms with van der Waals surface area (Å²) in [6.45, 7) is 2.72. The van der Waals surface area contributed by atoms with Crippen LogP contribution in [0.5, 0.6) is 0 Å². The minimum Gasteiger partial charge on any atom is -0.331 e. The Bertz CT molecular complexity index is 730. The quantitative estimate of drug-likeness (QED) is 0.228. The third-order valence-corrected chi connectivity index (χ3v) is 3.98. The first-order valence-corrected chi connectivity index (χ1v) is 9.08. The van der Waals surface area contributed by atoms with Gasteiger partial charge in [0.25, 0.3) is 0 Å². The first-order chi connectivity index (χ1) is 12.2. The summed E-state index contributed by atoms with van der Waals surface area (Å²) in [5, 5.41) is 0. The van der Waals surface area contributed by atoms with Gasteiger partial charge in [0.15, 0.2) is 0 Å². The van der Waals surface area contributed by atoms with Crippen molar-refractivity contribution in [2.75, 3.05) is 0 Å². The number of Topliss-reactive ketones (excluding diaryl/α,β-unsaturated/α-hetero) is 4. The van der Waals surface area contributed by atoms with Crippen molar-refractivity contribution in [1.82, 2.24) is 0 Å². The van der Waals surface area contributed by atoms with Crippen LogP contribution < -0.4 is 0 Å². The fourth-order valence-corrected chi connectivity index (χ4v) is 2.29. The molecule has 4 nitrogen and oxygen atoms in total. The van der Waals surface area contributed by atoms with Crippen molar-refractivity contribution in [3.8, 4) is 0 Å². The van der Waals surface area contributed by atoms with E-state index >= 15 is 0 Å². The molecule has 0 saturated heterocycles. The molecule has 7 heteroatoms. The van der Waals surface area contributed by atoms with E-state index in [2.05, 4.69) is 31.9 Å². The van der Waals surface area contributed by atoms with Gasteiger partial charge < -0.3 is 19.2 Å². The standard InChI is InChI=1S/2C10H8BrO2.Ni/c2*1-7(12)6-10(13)8-2-4-9(11)5-3-8;/h2*2-6H,1H3;/q2*-1;+2. The minimum atomic E-state index is -0.250. The average molecular weight is 539 g/mol. The number of halogens is 2. The van der Waals surface area contributed by atoms with E-state index in [1.165, 1.54) is 13.8 Å². The van der Waals surface area contributed by atoms with Crippen molar-refractivity contribution in [2.24, 2.45) is 0 Å². The molecule has 0 aliphatic carbocycles. The van der Waals surface area contributed by atoms with Crippen molar-refractivity contribution >= 4 is 55.0 Å². The maximum atomic E-state index is 11.3. The molecule has 0 saturated carbocycles. The second-order valence-corrected chi connectivity index (χ2v) is 7.08. The van der Waals surface area contributed by atoms with E-state index in [4.69, 9.17) is 0 Å². The van der Waals surface area contributed by atoms with Crippen LogP contribution in [0.15, 0.2) is 57.5 Å². The van der Waals surface area contributed by atoms with Crippen LogP contribution in [-0.4, -0.2) is 23.1 Å². The average Bonchev–Trinajstić information content (AvgIpc) is 2.55. The molecule has 0 radical (unpaired) electrons. The molecule has 0 unspecified atom stereocenters. The Morgan fingerprint density at radius 1 is 0.630 bits per heavy atom. The summed E-state index contributed by atoms with van der Waals surface area (Å²) < 4.78 is 1.82. The monoisotopic (exact) mass is 536 g/mol. The number of carbonyl (C=O) groups is 4. The van der Waals surface area contributed by atoms with Crippen LogP contribution in [0, 0.1) is 12.8 Å². The predicted octanol–water partition coefficient (Wildman–Crippen LogP) is 4.85. The fourth-order valence-electron chi connectivity index (χ4n) is 1.76. The molecule has 2 rings (SSSR count). The van der Waals surface area contributed by atoms with E-state index in [0.29, 0.717) is 11.1 Å². The molecule has 0 aliphatic heterocycles. The van der Waals surface area contributed by atoms with Crippen LogP contribution in [0.3, 0.4) is 0 Å². The van der Waals surface area contributed by atoms with E-state index in [1.54, 1.807) is 48.5 Å². The molecule has 27 heavy (non-hydrogen) atoms. The summed E-state index contributed by atoms with van der Waals surface area (Å²) in [5.41, 5.74) is 1.05. The summed E-state index contributed by atoms with van der Waals surface area (Å²) in [6.07, 6.45) is 2.17. The fraction of sp³-hybridized carbons (Fsp3) is 0.100. The number of benzene rings is 2. The summed E-state index contributed by atoms with van der Waals surface area (Å²) in [6, 6.07) is 13.8. The molecule has 0 aromatic heterocycles. The number of hydrogen-bond acceptors (Lipinski definition) is 4. The number of hydrogen-bond donors (Lipinski definition) is 0. The Balaban J connectivity index is 0.000000483. The van der Waals surface area contributed by atoms with Crippen molar-refractivity contribution in [1.29, 1.82) is 0 Å². The first-order valence-electron chi connectivity index (χ1n) is 7.49. The Morgan fingerprint density at radius 2 is 0.889 bits per heavy atom. The van der Waals surface area contributed by atoms with Crippen LogP contribution >= 0.6 is 31.9 Å². The third-order valence-electron chi connectivity index (χ3n) is 2.93. The molecule has 0 atom stereocenters. The topological polar surface area (TPSA) is 68.3 Å². The van der Waals surface area contributed by atoms with E-state index in [1.807, 2.05) is 0 Å². The van der Waals surface area contributed by atoms with Gasteiger partial charge in [-0.15, -0.1) is 48.2 Å². The molecule has 0 N–H and O–H groups in total. The van der Waals surface area contributed by atoms with E-state index in [9.17, 15) is 19.2 Å². The van der Waals surface area contributed by atoms with Crippen LogP contribution in [0.2, 0.25) is 0 Å². The molecule has 144 valence electrons. The van der Waals surface area contributed by atoms with Gasteiger partial charge in [-0.25, -0.2) is 0 Å². The Hall–Kier alpha value is -1.69. The van der Waals surface area contributed by atoms with Crippen LogP contribution in [0.1, 0.15) is 34.6 Å². The van der Waals surface area contributed by atoms with E-state index in [-0.39, 0.29) is 39.6 Å².